The second kappa shape index (κ2) is 7.57. The summed E-state index contributed by atoms with van der Waals surface area (Å²) in [4.78, 5) is 2.67. The molecule has 1 saturated heterocycles. The van der Waals surface area contributed by atoms with Gasteiger partial charge in [-0.3, -0.25) is 4.90 Å². The zero-order chi connectivity index (χ0) is 12.0. The molecule has 1 aliphatic heterocycles. The van der Waals surface area contributed by atoms with Crippen LogP contribution in [0.5, 0.6) is 0 Å². The molecule has 2 atom stereocenters. The Morgan fingerprint density at radius 1 is 1.38 bits per heavy atom. The number of hydrogen-bond donors (Lipinski definition) is 1. The number of hydrogen-bond acceptors (Lipinski definition) is 3. The van der Waals surface area contributed by atoms with Gasteiger partial charge in [0.2, 0.25) is 0 Å². The van der Waals surface area contributed by atoms with Crippen molar-refractivity contribution < 1.29 is 0 Å². The van der Waals surface area contributed by atoms with E-state index in [9.17, 15) is 0 Å². The molecular formula is C13H28N2S. The summed E-state index contributed by atoms with van der Waals surface area (Å²) >= 11 is 2.16. The molecule has 0 aromatic rings. The lowest BCUT2D eigenvalue weighted by molar-refractivity contribution is 0.203. The Balaban J connectivity index is 2.21. The van der Waals surface area contributed by atoms with Crippen LogP contribution >= 0.6 is 11.8 Å². The number of nitrogens with one attached hydrogen (secondary N) is 1. The zero-order valence-corrected chi connectivity index (χ0v) is 12.1. The minimum absolute atomic E-state index is 0.618. The molecule has 0 bridgehead atoms. The Bertz CT molecular complexity index is 185. The highest BCUT2D eigenvalue weighted by molar-refractivity contribution is 8.00. The molecule has 2 unspecified atom stereocenters. The number of thioether (sulfide) groups is 1. The molecule has 2 nitrogen and oxygen atoms in total. The first-order valence-corrected chi connectivity index (χ1v) is 7.77. The van der Waals surface area contributed by atoms with Crippen LogP contribution in [-0.4, -0.2) is 47.6 Å². The third kappa shape index (κ3) is 5.07. The van der Waals surface area contributed by atoms with E-state index in [0.717, 1.165) is 17.8 Å². The normalized spacial score (nSPS) is 24.9. The van der Waals surface area contributed by atoms with Crippen LogP contribution in [0.15, 0.2) is 0 Å². The maximum atomic E-state index is 3.51. The van der Waals surface area contributed by atoms with Crippen molar-refractivity contribution in [3.05, 3.63) is 0 Å². The first kappa shape index (κ1) is 14.3. The Labute approximate surface area is 106 Å². The maximum absolute atomic E-state index is 3.51. The predicted octanol–water partition coefficient (Wildman–Crippen LogP) is 2.59. The minimum Gasteiger partial charge on any atom is -0.314 e. The monoisotopic (exact) mass is 244 g/mol. The van der Waals surface area contributed by atoms with Crippen LogP contribution in [-0.2, 0) is 0 Å². The van der Waals surface area contributed by atoms with E-state index in [1.54, 1.807) is 0 Å². The lowest BCUT2D eigenvalue weighted by Gasteiger charge is -2.36. The Morgan fingerprint density at radius 2 is 2.12 bits per heavy atom. The molecule has 1 fully saturated rings. The van der Waals surface area contributed by atoms with E-state index in [1.807, 2.05) is 0 Å². The Morgan fingerprint density at radius 3 is 2.75 bits per heavy atom. The van der Waals surface area contributed by atoms with Crippen molar-refractivity contribution in [2.45, 2.75) is 57.9 Å². The third-order valence-electron chi connectivity index (χ3n) is 3.36. The minimum atomic E-state index is 0.618. The lowest BCUT2D eigenvalue weighted by Crippen LogP contribution is -2.44. The SMILES string of the molecule is CCC1CN(C(C)CCNC(C)C)CCS1. The standard InChI is InChI=1S/C13H28N2S/c1-5-13-10-15(8-9-16-13)12(4)6-7-14-11(2)3/h11-14H,5-10H2,1-4H3. The molecule has 0 aromatic heterocycles. The van der Waals surface area contributed by atoms with Gasteiger partial charge >= 0.3 is 0 Å². The van der Waals surface area contributed by atoms with E-state index >= 15 is 0 Å². The average molecular weight is 244 g/mol. The second-order valence-electron chi connectivity index (χ2n) is 5.14. The predicted molar refractivity (Wildman–Crippen MR) is 75.3 cm³/mol. The van der Waals surface area contributed by atoms with Crippen LogP contribution in [0.1, 0.15) is 40.5 Å². The summed E-state index contributed by atoms with van der Waals surface area (Å²) in [5.74, 6) is 1.32. The van der Waals surface area contributed by atoms with Crippen LogP contribution in [0.25, 0.3) is 0 Å². The molecule has 3 heteroatoms. The average Bonchev–Trinajstić information content (AvgIpc) is 2.28. The van der Waals surface area contributed by atoms with Gasteiger partial charge < -0.3 is 5.32 Å². The molecule has 1 heterocycles. The van der Waals surface area contributed by atoms with Crippen molar-refractivity contribution in [2.75, 3.05) is 25.4 Å². The van der Waals surface area contributed by atoms with Crippen LogP contribution in [0.3, 0.4) is 0 Å². The van der Waals surface area contributed by atoms with Crippen LogP contribution in [0.4, 0.5) is 0 Å². The van der Waals surface area contributed by atoms with Crippen molar-refractivity contribution in [1.82, 2.24) is 10.2 Å². The van der Waals surface area contributed by atoms with E-state index in [4.69, 9.17) is 0 Å². The highest BCUT2D eigenvalue weighted by atomic mass is 32.2. The van der Waals surface area contributed by atoms with Gasteiger partial charge in [0.1, 0.15) is 0 Å². The van der Waals surface area contributed by atoms with Gasteiger partial charge in [0.05, 0.1) is 0 Å². The molecule has 0 amide bonds. The van der Waals surface area contributed by atoms with Crippen molar-refractivity contribution in [1.29, 1.82) is 0 Å². The summed E-state index contributed by atoms with van der Waals surface area (Å²) in [6.07, 6.45) is 2.59. The fourth-order valence-electron chi connectivity index (χ4n) is 2.15. The van der Waals surface area contributed by atoms with Gasteiger partial charge in [0.25, 0.3) is 0 Å². The molecule has 0 aromatic carbocycles. The van der Waals surface area contributed by atoms with Gasteiger partial charge in [-0.15, -0.1) is 0 Å². The van der Waals surface area contributed by atoms with Gasteiger partial charge in [-0.2, -0.15) is 11.8 Å². The molecular weight excluding hydrogens is 216 g/mol. The van der Waals surface area contributed by atoms with Crippen molar-refractivity contribution in [3.8, 4) is 0 Å². The zero-order valence-electron chi connectivity index (χ0n) is 11.3. The molecule has 96 valence electrons. The van der Waals surface area contributed by atoms with Crippen molar-refractivity contribution in [3.63, 3.8) is 0 Å². The van der Waals surface area contributed by atoms with Crippen LogP contribution < -0.4 is 5.32 Å². The maximum Gasteiger partial charge on any atom is 0.0172 e. The summed E-state index contributed by atoms with van der Waals surface area (Å²) in [7, 11) is 0. The van der Waals surface area contributed by atoms with Gasteiger partial charge in [-0.1, -0.05) is 20.8 Å². The number of nitrogens with zero attached hydrogens (tertiary/aromatic N) is 1. The molecule has 0 aliphatic carbocycles. The molecule has 0 radical (unpaired) electrons. The topological polar surface area (TPSA) is 15.3 Å². The fraction of sp³-hybridized carbons (Fsp3) is 1.00. The molecule has 1 aliphatic rings. The summed E-state index contributed by atoms with van der Waals surface area (Å²) < 4.78 is 0. The first-order valence-electron chi connectivity index (χ1n) is 6.72. The molecule has 16 heavy (non-hydrogen) atoms. The molecule has 1 N–H and O–H groups in total. The smallest absolute Gasteiger partial charge is 0.0172 e. The summed E-state index contributed by atoms with van der Waals surface area (Å²) in [6.45, 7) is 12.9. The Kier molecular flexibility index (Phi) is 6.78. The van der Waals surface area contributed by atoms with E-state index in [1.165, 1.54) is 31.7 Å². The second-order valence-corrected chi connectivity index (χ2v) is 6.55. The first-order chi connectivity index (χ1) is 7.63. The van der Waals surface area contributed by atoms with Gasteiger partial charge in [-0.05, 0) is 26.3 Å². The van der Waals surface area contributed by atoms with Crippen molar-refractivity contribution in [2.24, 2.45) is 0 Å². The fourth-order valence-corrected chi connectivity index (χ4v) is 3.36. The van der Waals surface area contributed by atoms with Crippen LogP contribution in [0, 0.1) is 0 Å². The Hall–Kier alpha value is 0.270. The number of rotatable bonds is 6. The summed E-state index contributed by atoms with van der Waals surface area (Å²) in [5.41, 5.74) is 0. The van der Waals surface area contributed by atoms with Gasteiger partial charge in [0.15, 0.2) is 0 Å². The third-order valence-corrected chi connectivity index (χ3v) is 4.74. The molecule has 0 spiro atoms. The quantitative estimate of drug-likeness (QED) is 0.773. The highest BCUT2D eigenvalue weighted by Gasteiger charge is 2.22. The highest BCUT2D eigenvalue weighted by Crippen LogP contribution is 2.22. The summed E-state index contributed by atoms with van der Waals surface area (Å²) in [6, 6.07) is 1.36. The lowest BCUT2D eigenvalue weighted by atomic mass is 10.1. The van der Waals surface area contributed by atoms with E-state index < -0.39 is 0 Å². The molecule has 1 rings (SSSR count). The largest absolute Gasteiger partial charge is 0.314 e. The van der Waals surface area contributed by atoms with E-state index in [0.29, 0.717) is 6.04 Å². The van der Waals surface area contributed by atoms with Crippen molar-refractivity contribution >= 4 is 11.8 Å². The van der Waals surface area contributed by atoms with Crippen LogP contribution in [0.2, 0.25) is 0 Å². The van der Waals surface area contributed by atoms with E-state index in [2.05, 4.69) is 49.7 Å². The van der Waals surface area contributed by atoms with Gasteiger partial charge in [-0.25, -0.2) is 0 Å². The van der Waals surface area contributed by atoms with Gasteiger partial charge in [0, 0.05) is 36.2 Å². The summed E-state index contributed by atoms with van der Waals surface area (Å²) in [5, 5.41) is 4.38. The molecule has 0 saturated carbocycles. The van der Waals surface area contributed by atoms with E-state index in [-0.39, 0.29) is 0 Å².